The lowest BCUT2D eigenvalue weighted by atomic mass is 9.84. The van der Waals surface area contributed by atoms with Gasteiger partial charge >= 0.3 is 6.03 Å². The summed E-state index contributed by atoms with van der Waals surface area (Å²) in [7, 11) is 1.66. The smallest absolute Gasteiger partial charge is 0.315 e. The normalized spacial score (nSPS) is 17.7. The highest BCUT2D eigenvalue weighted by Gasteiger charge is 2.37. The molecule has 0 aromatic carbocycles. The highest BCUT2D eigenvalue weighted by atomic mass is 16.5. The lowest BCUT2D eigenvalue weighted by Crippen LogP contribution is -2.58. The van der Waals surface area contributed by atoms with Crippen LogP contribution in [0.1, 0.15) is 40.0 Å². The van der Waals surface area contributed by atoms with Crippen LogP contribution in [0.2, 0.25) is 0 Å². The van der Waals surface area contributed by atoms with Gasteiger partial charge in [-0.2, -0.15) is 0 Å². The second kappa shape index (κ2) is 8.22. The van der Waals surface area contributed by atoms with Gasteiger partial charge in [-0.05, 0) is 26.2 Å². The van der Waals surface area contributed by atoms with E-state index in [9.17, 15) is 9.59 Å². The van der Waals surface area contributed by atoms with Gasteiger partial charge in [-0.3, -0.25) is 4.79 Å². The van der Waals surface area contributed by atoms with Gasteiger partial charge in [-0.25, -0.2) is 4.79 Å². The highest BCUT2D eigenvalue weighted by molar-refractivity contribution is 5.78. The van der Waals surface area contributed by atoms with Crippen molar-refractivity contribution in [1.29, 1.82) is 0 Å². The summed E-state index contributed by atoms with van der Waals surface area (Å²) in [6.45, 7) is 8.31. The largest absolute Gasteiger partial charge is 0.385 e. The number of rotatable bonds is 6. The molecule has 3 amide bonds. The third-order valence-electron chi connectivity index (χ3n) is 4.03. The van der Waals surface area contributed by atoms with Crippen LogP contribution in [0.25, 0.3) is 0 Å². The minimum atomic E-state index is -0.275. The summed E-state index contributed by atoms with van der Waals surface area (Å²) in [6, 6.07) is -0.141. The Morgan fingerprint density at radius 3 is 2.38 bits per heavy atom. The standard InChI is InChI=1S/C15H29N3O3/c1-5-16-14(20)17-15(8-11-21-4)6-9-18(10-7-15)13(19)12(2)3/h12H,5-11H2,1-4H3,(H2,16,17,20). The maximum absolute atomic E-state index is 12.0. The summed E-state index contributed by atoms with van der Waals surface area (Å²) in [4.78, 5) is 25.8. The van der Waals surface area contributed by atoms with Gasteiger partial charge in [0, 0.05) is 44.8 Å². The first-order valence-corrected chi connectivity index (χ1v) is 7.78. The molecule has 1 saturated heterocycles. The molecule has 1 fully saturated rings. The molecule has 1 aliphatic rings. The zero-order valence-corrected chi connectivity index (χ0v) is 13.7. The number of piperidine rings is 1. The third-order valence-corrected chi connectivity index (χ3v) is 4.03. The van der Waals surface area contributed by atoms with Crippen LogP contribution in [0.3, 0.4) is 0 Å². The molecule has 6 nitrogen and oxygen atoms in total. The Labute approximate surface area is 127 Å². The zero-order chi connectivity index (χ0) is 15.9. The molecular formula is C15H29N3O3. The molecule has 0 atom stereocenters. The molecule has 122 valence electrons. The minimum Gasteiger partial charge on any atom is -0.385 e. The van der Waals surface area contributed by atoms with Crippen molar-refractivity contribution < 1.29 is 14.3 Å². The van der Waals surface area contributed by atoms with Gasteiger partial charge in [0.05, 0.1) is 0 Å². The number of hydrogen-bond acceptors (Lipinski definition) is 3. The lowest BCUT2D eigenvalue weighted by molar-refractivity contribution is -0.136. The van der Waals surface area contributed by atoms with E-state index < -0.39 is 0 Å². The number of ether oxygens (including phenoxy) is 1. The minimum absolute atomic E-state index is 0.0211. The molecule has 6 heteroatoms. The van der Waals surface area contributed by atoms with E-state index in [1.165, 1.54) is 0 Å². The Hall–Kier alpha value is -1.30. The quantitative estimate of drug-likeness (QED) is 0.778. The van der Waals surface area contributed by atoms with Crippen molar-refractivity contribution in [2.24, 2.45) is 5.92 Å². The molecule has 1 rings (SSSR count). The van der Waals surface area contributed by atoms with Gasteiger partial charge in [0.1, 0.15) is 0 Å². The number of urea groups is 1. The second-order valence-electron chi connectivity index (χ2n) is 5.99. The number of methoxy groups -OCH3 is 1. The summed E-state index contributed by atoms with van der Waals surface area (Å²) in [5.74, 6) is 0.209. The summed E-state index contributed by atoms with van der Waals surface area (Å²) in [5.41, 5.74) is -0.275. The fourth-order valence-corrected chi connectivity index (χ4v) is 2.70. The van der Waals surface area contributed by atoms with Gasteiger partial charge in [-0.1, -0.05) is 13.8 Å². The summed E-state index contributed by atoms with van der Waals surface area (Å²) in [6.07, 6.45) is 2.31. The van der Waals surface area contributed by atoms with Gasteiger partial charge < -0.3 is 20.3 Å². The van der Waals surface area contributed by atoms with Crippen molar-refractivity contribution in [2.75, 3.05) is 33.4 Å². The predicted molar refractivity (Wildman–Crippen MR) is 82.1 cm³/mol. The first kappa shape index (κ1) is 17.8. The number of amides is 3. The number of nitrogens with zero attached hydrogens (tertiary/aromatic N) is 1. The summed E-state index contributed by atoms with van der Waals surface area (Å²) in [5, 5.41) is 5.86. The van der Waals surface area contributed by atoms with E-state index in [1.54, 1.807) is 7.11 Å². The molecule has 0 aromatic heterocycles. The molecule has 0 bridgehead atoms. The van der Waals surface area contributed by atoms with E-state index in [4.69, 9.17) is 4.74 Å². The monoisotopic (exact) mass is 299 g/mol. The van der Waals surface area contributed by atoms with Crippen LogP contribution in [0.4, 0.5) is 4.79 Å². The zero-order valence-electron chi connectivity index (χ0n) is 13.7. The average molecular weight is 299 g/mol. The first-order valence-electron chi connectivity index (χ1n) is 7.78. The first-order chi connectivity index (χ1) is 9.94. The summed E-state index contributed by atoms with van der Waals surface area (Å²) < 4.78 is 5.17. The maximum atomic E-state index is 12.0. The molecule has 0 unspecified atom stereocenters. The third kappa shape index (κ3) is 5.19. The number of likely N-dealkylation sites (tertiary alicyclic amines) is 1. The Morgan fingerprint density at radius 1 is 1.29 bits per heavy atom. The van der Waals surface area contributed by atoms with E-state index in [1.807, 2.05) is 25.7 Å². The van der Waals surface area contributed by atoms with Gasteiger partial charge in [-0.15, -0.1) is 0 Å². The summed E-state index contributed by atoms with van der Waals surface area (Å²) >= 11 is 0. The number of carbonyl (C=O) groups excluding carboxylic acids is 2. The molecule has 0 aromatic rings. The number of carbonyl (C=O) groups is 2. The number of nitrogens with one attached hydrogen (secondary N) is 2. The second-order valence-corrected chi connectivity index (χ2v) is 5.99. The van der Waals surface area contributed by atoms with Crippen molar-refractivity contribution in [1.82, 2.24) is 15.5 Å². The van der Waals surface area contributed by atoms with Crippen molar-refractivity contribution in [3.05, 3.63) is 0 Å². The van der Waals surface area contributed by atoms with Crippen LogP contribution in [-0.4, -0.2) is 55.7 Å². The van der Waals surface area contributed by atoms with Crippen molar-refractivity contribution in [3.8, 4) is 0 Å². The van der Waals surface area contributed by atoms with Crippen molar-refractivity contribution in [3.63, 3.8) is 0 Å². The molecule has 0 radical (unpaired) electrons. The predicted octanol–water partition coefficient (Wildman–Crippen LogP) is 1.36. The Bertz CT molecular complexity index is 350. The van der Waals surface area contributed by atoms with Crippen LogP contribution < -0.4 is 10.6 Å². The lowest BCUT2D eigenvalue weighted by Gasteiger charge is -2.42. The van der Waals surface area contributed by atoms with Crippen LogP contribution in [0.15, 0.2) is 0 Å². The fraction of sp³-hybridized carbons (Fsp3) is 0.867. The average Bonchev–Trinajstić information content (AvgIpc) is 2.45. The molecule has 2 N–H and O–H groups in total. The highest BCUT2D eigenvalue weighted by Crippen LogP contribution is 2.26. The van der Waals surface area contributed by atoms with Gasteiger partial charge in [0.15, 0.2) is 0 Å². The molecule has 21 heavy (non-hydrogen) atoms. The topological polar surface area (TPSA) is 70.7 Å². The van der Waals surface area contributed by atoms with E-state index >= 15 is 0 Å². The van der Waals surface area contributed by atoms with Crippen molar-refractivity contribution >= 4 is 11.9 Å². The molecule has 0 aliphatic carbocycles. The van der Waals surface area contributed by atoms with Crippen LogP contribution in [0, 0.1) is 5.92 Å². The Kier molecular flexibility index (Phi) is 6.95. The van der Waals surface area contributed by atoms with E-state index in [2.05, 4.69) is 10.6 Å². The molecule has 1 aliphatic heterocycles. The van der Waals surface area contributed by atoms with Crippen LogP contribution in [-0.2, 0) is 9.53 Å². The van der Waals surface area contributed by atoms with E-state index in [0.717, 1.165) is 19.3 Å². The van der Waals surface area contributed by atoms with E-state index in [0.29, 0.717) is 26.2 Å². The van der Waals surface area contributed by atoms with E-state index in [-0.39, 0.29) is 23.4 Å². The van der Waals surface area contributed by atoms with Crippen LogP contribution in [0.5, 0.6) is 0 Å². The maximum Gasteiger partial charge on any atom is 0.315 e. The fourth-order valence-electron chi connectivity index (χ4n) is 2.70. The van der Waals surface area contributed by atoms with Crippen LogP contribution >= 0.6 is 0 Å². The van der Waals surface area contributed by atoms with Gasteiger partial charge in [0.25, 0.3) is 0 Å². The SMILES string of the molecule is CCNC(=O)NC1(CCOC)CCN(C(=O)C(C)C)CC1. The molecular weight excluding hydrogens is 270 g/mol. The molecule has 1 heterocycles. The van der Waals surface area contributed by atoms with Gasteiger partial charge in [0.2, 0.25) is 5.91 Å². The molecule has 0 saturated carbocycles. The Morgan fingerprint density at radius 2 is 1.90 bits per heavy atom. The Balaban J connectivity index is 2.65. The molecule has 0 spiro atoms. The van der Waals surface area contributed by atoms with Crippen molar-refractivity contribution in [2.45, 2.75) is 45.6 Å². The number of hydrogen-bond donors (Lipinski definition) is 2.